The molecule has 0 aromatic carbocycles. The third kappa shape index (κ3) is 6.34. The summed E-state index contributed by atoms with van der Waals surface area (Å²) in [6.45, 7) is 4.13. The number of methoxy groups -OCH3 is 1. The van der Waals surface area contributed by atoms with Crippen molar-refractivity contribution in [1.29, 1.82) is 0 Å². The maximum absolute atomic E-state index is 13.4. The first-order chi connectivity index (χ1) is 17.5. The number of carbonyl (C=O) groups is 5. The number of carbonyl (C=O) groups excluding carboxylic acids is 5. The van der Waals surface area contributed by atoms with E-state index >= 15 is 0 Å². The second-order valence-corrected chi connectivity index (χ2v) is 10.3. The van der Waals surface area contributed by atoms with Crippen LogP contribution in [0.2, 0.25) is 0 Å². The molecule has 37 heavy (non-hydrogen) atoms. The van der Waals surface area contributed by atoms with Crippen LogP contribution in [0.25, 0.3) is 0 Å². The van der Waals surface area contributed by atoms with Crippen LogP contribution in [0.3, 0.4) is 0 Å². The van der Waals surface area contributed by atoms with Gasteiger partial charge in [-0.3, -0.25) is 14.5 Å². The highest BCUT2D eigenvalue weighted by atomic mass is 32.2. The van der Waals surface area contributed by atoms with E-state index in [-0.39, 0.29) is 23.4 Å². The number of thiophene rings is 1. The molecule has 0 radical (unpaired) electrons. The molecule has 0 bridgehead atoms. The van der Waals surface area contributed by atoms with Crippen LogP contribution >= 0.6 is 23.1 Å². The first kappa shape index (κ1) is 28.3. The minimum Gasteiger partial charge on any atom is -0.445 e. The molecule has 3 heterocycles. The highest BCUT2D eigenvalue weighted by molar-refractivity contribution is 8.00. The van der Waals surface area contributed by atoms with Crippen LogP contribution in [0.5, 0.6) is 0 Å². The minimum atomic E-state index is -1.73. The summed E-state index contributed by atoms with van der Waals surface area (Å²) < 4.78 is 25.3. The zero-order valence-corrected chi connectivity index (χ0v) is 22.1. The molecular formula is C22H27N3O10S2. The molecular weight excluding hydrogens is 530 g/mol. The number of amides is 3. The van der Waals surface area contributed by atoms with Crippen LogP contribution in [0.4, 0.5) is 9.59 Å². The van der Waals surface area contributed by atoms with Crippen LogP contribution in [0.1, 0.15) is 25.6 Å². The van der Waals surface area contributed by atoms with Gasteiger partial charge in [-0.15, -0.1) is 23.1 Å². The van der Waals surface area contributed by atoms with Gasteiger partial charge in [-0.2, -0.15) is 0 Å². The Morgan fingerprint density at radius 2 is 1.95 bits per heavy atom. The number of ether oxygens (including phenoxy) is 5. The topological polar surface area (TPSA) is 173 Å². The summed E-state index contributed by atoms with van der Waals surface area (Å²) in [6.07, 6.45) is -3.92. The van der Waals surface area contributed by atoms with Crippen LogP contribution in [-0.4, -0.2) is 77.9 Å². The van der Waals surface area contributed by atoms with E-state index in [1.54, 1.807) is 26.0 Å². The fourth-order valence-electron chi connectivity index (χ4n) is 3.61. The molecule has 3 atom stereocenters. The Kier molecular flexibility index (Phi) is 9.04. The van der Waals surface area contributed by atoms with Gasteiger partial charge in [-0.05, 0) is 25.3 Å². The number of primary amides is 1. The molecule has 1 fully saturated rings. The van der Waals surface area contributed by atoms with E-state index in [1.165, 1.54) is 37.1 Å². The first-order valence-electron chi connectivity index (χ1n) is 11.0. The summed E-state index contributed by atoms with van der Waals surface area (Å²) in [5.74, 6) is -2.09. The Morgan fingerprint density at radius 3 is 2.54 bits per heavy atom. The van der Waals surface area contributed by atoms with Crippen LogP contribution in [-0.2, 0) is 44.5 Å². The van der Waals surface area contributed by atoms with Crippen LogP contribution in [0.15, 0.2) is 28.8 Å². The highest BCUT2D eigenvalue weighted by Crippen LogP contribution is 2.47. The third-order valence-corrected chi connectivity index (χ3v) is 7.37. The highest BCUT2D eigenvalue weighted by Gasteiger charge is 2.66. The van der Waals surface area contributed by atoms with E-state index < -0.39 is 60.1 Å². The monoisotopic (exact) mass is 557 g/mol. The standard InChI is InChI=1S/C22H27N3O10S2/c1-11(2)33-21(30)35-12(3)34-17(27)16-13(9-32-20(23)29)10-37-19-22(31-4,18(28)25(16)19)24-15(26)8-14-6-5-7-36-14/h5-7,11-12,19H,8-10H2,1-4H3,(H2,23,29)(H,24,26)/t12?,19-,22+/m1/s1. The molecule has 1 unspecified atom stereocenters. The Morgan fingerprint density at radius 1 is 1.22 bits per heavy atom. The van der Waals surface area contributed by atoms with Gasteiger partial charge in [0.15, 0.2) is 0 Å². The van der Waals surface area contributed by atoms with Gasteiger partial charge in [-0.25, -0.2) is 14.4 Å². The number of hydrogen-bond acceptors (Lipinski definition) is 12. The fourth-order valence-corrected chi connectivity index (χ4v) is 5.73. The Labute approximate surface area is 220 Å². The molecule has 0 saturated carbocycles. The lowest BCUT2D eigenvalue weighted by molar-refractivity contribution is -0.195. The number of nitrogens with one attached hydrogen (secondary N) is 1. The molecule has 13 nitrogen and oxygen atoms in total. The van der Waals surface area contributed by atoms with E-state index in [0.29, 0.717) is 0 Å². The van der Waals surface area contributed by atoms with Gasteiger partial charge in [-0.1, -0.05) is 6.07 Å². The molecule has 2 aliphatic heterocycles. The van der Waals surface area contributed by atoms with Gasteiger partial charge in [0.2, 0.25) is 12.2 Å². The third-order valence-electron chi connectivity index (χ3n) is 5.12. The van der Waals surface area contributed by atoms with Crippen molar-refractivity contribution >= 4 is 53.1 Å². The SMILES string of the molecule is CO[C@@]1(NC(=O)Cc2cccs2)C(=O)N2C(C(=O)OC(C)OC(=O)OC(C)C)=C(COC(N)=O)CS[C@@H]21. The molecule has 1 aromatic rings. The van der Waals surface area contributed by atoms with E-state index in [4.69, 9.17) is 29.4 Å². The smallest absolute Gasteiger partial charge is 0.445 e. The van der Waals surface area contributed by atoms with Gasteiger partial charge >= 0.3 is 18.2 Å². The number of esters is 1. The minimum absolute atomic E-state index is 0.0389. The summed E-state index contributed by atoms with van der Waals surface area (Å²) in [7, 11) is 1.27. The molecule has 1 saturated heterocycles. The predicted octanol–water partition coefficient (Wildman–Crippen LogP) is 1.46. The van der Waals surface area contributed by atoms with Gasteiger partial charge < -0.3 is 34.7 Å². The average molecular weight is 558 g/mol. The zero-order chi connectivity index (χ0) is 27.3. The Hall–Kier alpha value is -3.30. The molecule has 2 aliphatic rings. The summed E-state index contributed by atoms with van der Waals surface area (Å²) in [5, 5.41) is 3.64. The lowest BCUT2D eigenvalue weighted by Gasteiger charge is -2.55. The number of nitrogens with zero attached hydrogens (tertiary/aromatic N) is 1. The molecule has 3 amide bonds. The summed E-state index contributed by atoms with van der Waals surface area (Å²) in [5.41, 5.74) is 3.32. The predicted molar refractivity (Wildman–Crippen MR) is 130 cm³/mol. The Balaban J connectivity index is 1.80. The average Bonchev–Trinajstić information content (AvgIpc) is 3.32. The molecule has 0 spiro atoms. The van der Waals surface area contributed by atoms with Crippen molar-refractivity contribution in [2.24, 2.45) is 5.73 Å². The number of rotatable bonds is 10. The van der Waals surface area contributed by atoms with Gasteiger partial charge in [0.25, 0.3) is 11.6 Å². The van der Waals surface area contributed by atoms with Gasteiger partial charge in [0.1, 0.15) is 17.7 Å². The molecule has 1 aromatic heterocycles. The maximum atomic E-state index is 13.4. The zero-order valence-electron chi connectivity index (χ0n) is 20.5. The molecule has 3 rings (SSSR count). The van der Waals surface area contributed by atoms with E-state index in [1.807, 2.05) is 5.38 Å². The fraction of sp³-hybridized carbons (Fsp3) is 0.500. The summed E-state index contributed by atoms with van der Waals surface area (Å²) in [4.78, 5) is 64.0. The molecule has 0 aliphatic carbocycles. The number of thioether (sulfide) groups is 1. The van der Waals surface area contributed by atoms with Crippen molar-refractivity contribution in [2.75, 3.05) is 19.5 Å². The maximum Gasteiger partial charge on any atom is 0.511 e. The van der Waals surface area contributed by atoms with E-state index in [0.717, 1.165) is 9.78 Å². The van der Waals surface area contributed by atoms with Crippen molar-refractivity contribution in [3.05, 3.63) is 33.7 Å². The second-order valence-electron chi connectivity index (χ2n) is 8.15. The molecule has 15 heteroatoms. The van der Waals surface area contributed by atoms with Crippen LogP contribution < -0.4 is 11.1 Å². The Bertz CT molecular complexity index is 1090. The number of β-lactam (4-membered cyclic amide) rings is 1. The number of hydrogen-bond donors (Lipinski definition) is 2. The van der Waals surface area contributed by atoms with Gasteiger partial charge in [0, 0.05) is 30.2 Å². The number of nitrogens with two attached hydrogens (primary N) is 1. The quantitative estimate of drug-likeness (QED) is 0.185. The summed E-state index contributed by atoms with van der Waals surface area (Å²) in [6, 6.07) is 3.59. The van der Waals surface area contributed by atoms with Crippen molar-refractivity contribution in [2.45, 2.75) is 50.7 Å². The van der Waals surface area contributed by atoms with Crippen molar-refractivity contribution in [3.63, 3.8) is 0 Å². The van der Waals surface area contributed by atoms with Gasteiger partial charge in [0.05, 0.1) is 12.5 Å². The normalized spacial score (nSPS) is 21.5. The first-order valence-corrected chi connectivity index (χ1v) is 13.0. The van der Waals surface area contributed by atoms with E-state index in [9.17, 15) is 24.0 Å². The molecule has 3 N–H and O–H groups in total. The van der Waals surface area contributed by atoms with E-state index in [2.05, 4.69) is 5.32 Å². The van der Waals surface area contributed by atoms with Crippen molar-refractivity contribution in [3.8, 4) is 0 Å². The lowest BCUT2D eigenvalue weighted by atomic mass is 9.98. The molecule has 202 valence electrons. The van der Waals surface area contributed by atoms with Crippen molar-refractivity contribution in [1.82, 2.24) is 10.2 Å². The summed E-state index contributed by atoms with van der Waals surface area (Å²) >= 11 is 2.57. The van der Waals surface area contributed by atoms with Crippen LogP contribution in [0, 0.1) is 0 Å². The second kappa shape index (κ2) is 11.8. The van der Waals surface area contributed by atoms with Crippen molar-refractivity contribution < 1.29 is 47.7 Å². The lowest BCUT2D eigenvalue weighted by Crippen LogP contribution is -2.80. The number of fused-ring (bicyclic) bond motifs is 1. The largest absolute Gasteiger partial charge is 0.511 e.